The second-order valence-corrected chi connectivity index (χ2v) is 10.5. The predicted molar refractivity (Wildman–Crippen MR) is 113 cm³/mol. The van der Waals surface area contributed by atoms with Crippen molar-refractivity contribution >= 4 is 21.6 Å². The second-order valence-electron chi connectivity index (χ2n) is 8.48. The molecule has 0 aromatic heterocycles. The zero-order valence-corrected chi connectivity index (χ0v) is 18.0. The monoisotopic (exact) mass is 407 g/mol. The summed E-state index contributed by atoms with van der Waals surface area (Å²) < 4.78 is 25.0. The number of nitrogens with zero attached hydrogens (tertiary/aromatic N) is 2. The Balaban J connectivity index is 1.58. The molecule has 1 N–H and O–H groups in total. The number of sulfonamides is 1. The van der Waals surface area contributed by atoms with Crippen LogP contribution in [0.25, 0.3) is 0 Å². The van der Waals surface area contributed by atoms with Gasteiger partial charge >= 0.3 is 0 Å². The van der Waals surface area contributed by atoms with Gasteiger partial charge in [-0.25, -0.2) is 12.7 Å². The molecule has 0 radical (unpaired) electrons. The minimum absolute atomic E-state index is 0.0604. The molecule has 1 amide bonds. The van der Waals surface area contributed by atoms with Gasteiger partial charge in [-0.05, 0) is 56.2 Å². The third-order valence-corrected chi connectivity index (χ3v) is 7.27. The first-order valence-electron chi connectivity index (χ1n) is 10.3. The Morgan fingerprint density at radius 2 is 1.79 bits per heavy atom. The summed E-state index contributed by atoms with van der Waals surface area (Å²) in [7, 11) is -3.24. The van der Waals surface area contributed by atoms with E-state index in [2.05, 4.69) is 41.4 Å². The van der Waals surface area contributed by atoms with Gasteiger partial charge in [0, 0.05) is 31.9 Å². The highest BCUT2D eigenvalue weighted by Crippen LogP contribution is 2.25. The molecule has 3 atom stereocenters. The fourth-order valence-electron chi connectivity index (χ4n) is 4.27. The fourth-order valence-corrected chi connectivity index (χ4v) is 5.18. The summed E-state index contributed by atoms with van der Waals surface area (Å²) in [5.74, 6) is 0.392. The molecule has 1 aromatic carbocycles. The van der Waals surface area contributed by atoms with Gasteiger partial charge in [0.15, 0.2) is 0 Å². The first-order valence-corrected chi connectivity index (χ1v) is 12.2. The Morgan fingerprint density at radius 3 is 2.43 bits per heavy atom. The molecule has 1 aromatic rings. The van der Waals surface area contributed by atoms with Gasteiger partial charge in [-0.15, -0.1) is 0 Å². The molecule has 7 heteroatoms. The summed E-state index contributed by atoms with van der Waals surface area (Å²) in [5, 5.41) is 3.07. The van der Waals surface area contributed by atoms with E-state index in [4.69, 9.17) is 0 Å². The SMILES string of the molecule is C[C@@H]1CCCN(c2ccc([C@H](C)NC(=O)[C@H]3CCCN(S(C)(=O)=O)C3)cc2)C1. The van der Waals surface area contributed by atoms with Crippen molar-refractivity contribution in [2.45, 2.75) is 45.6 Å². The molecule has 3 rings (SSSR count). The maximum Gasteiger partial charge on any atom is 0.224 e. The quantitative estimate of drug-likeness (QED) is 0.815. The van der Waals surface area contributed by atoms with Crippen LogP contribution in [0.4, 0.5) is 5.69 Å². The lowest BCUT2D eigenvalue weighted by molar-refractivity contribution is -0.126. The van der Waals surface area contributed by atoms with Gasteiger partial charge in [0.2, 0.25) is 15.9 Å². The maximum atomic E-state index is 12.7. The van der Waals surface area contributed by atoms with E-state index in [1.54, 1.807) is 0 Å². The molecule has 0 saturated carbocycles. The zero-order valence-electron chi connectivity index (χ0n) is 17.2. The second kappa shape index (κ2) is 8.82. The van der Waals surface area contributed by atoms with E-state index in [1.165, 1.54) is 29.1 Å². The first-order chi connectivity index (χ1) is 13.2. The minimum Gasteiger partial charge on any atom is -0.371 e. The average molecular weight is 408 g/mol. The van der Waals surface area contributed by atoms with Gasteiger partial charge < -0.3 is 10.2 Å². The zero-order chi connectivity index (χ0) is 20.3. The predicted octanol–water partition coefficient (Wildman–Crippen LogP) is 2.77. The van der Waals surface area contributed by atoms with Crippen molar-refractivity contribution in [1.82, 2.24) is 9.62 Å². The van der Waals surface area contributed by atoms with Crippen molar-refractivity contribution in [3.63, 3.8) is 0 Å². The van der Waals surface area contributed by atoms with E-state index in [0.717, 1.165) is 37.4 Å². The lowest BCUT2D eigenvalue weighted by Gasteiger charge is -2.33. The van der Waals surface area contributed by atoms with Gasteiger partial charge in [0.1, 0.15) is 0 Å². The Labute approximate surface area is 169 Å². The molecule has 0 unspecified atom stereocenters. The summed E-state index contributed by atoms with van der Waals surface area (Å²) in [4.78, 5) is 15.1. The van der Waals surface area contributed by atoms with Crippen molar-refractivity contribution in [3.8, 4) is 0 Å². The lowest BCUT2D eigenvalue weighted by Crippen LogP contribution is -2.45. The molecule has 2 saturated heterocycles. The van der Waals surface area contributed by atoms with E-state index in [1.807, 2.05) is 6.92 Å². The van der Waals surface area contributed by atoms with E-state index in [-0.39, 0.29) is 24.4 Å². The van der Waals surface area contributed by atoms with Crippen LogP contribution in [0.15, 0.2) is 24.3 Å². The summed E-state index contributed by atoms with van der Waals surface area (Å²) in [6.07, 6.45) is 5.20. The molecule has 156 valence electrons. The number of carbonyl (C=O) groups excluding carboxylic acids is 1. The number of benzene rings is 1. The van der Waals surface area contributed by atoms with Gasteiger partial charge in [0.25, 0.3) is 0 Å². The van der Waals surface area contributed by atoms with E-state index >= 15 is 0 Å². The molecular weight excluding hydrogens is 374 g/mol. The number of rotatable bonds is 5. The van der Waals surface area contributed by atoms with Crippen LogP contribution in [0.1, 0.15) is 51.1 Å². The number of carbonyl (C=O) groups is 1. The van der Waals surface area contributed by atoms with Gasteiger partial charge in [0.05, 0.1) is 18.2 Å². The fraction of sp³-hybridized carbons (Fsp3) is 0.667. The van der Waals surface area contributed by atoms with Crippen molar-refractivity contribution in [3.05, 3.63) is 29.8 Å². The number of anilines is 1. The molecule has 2 aliphatic heterocycles. The number of nitrogens with one attached hydrogen (secondary N) is 1. The van der Waals surface area contributed by atoms with Crippen LogP contribution < -0.4 is 10.2 Å². The third-order valence-electron chi connectivity index (χ3n) is 6.00. The maximum absolute atomic E-state index is 12.7. The Hall–Kier alpha value is -1.60. The molecule has 0 aliphatic carbocycles. The molecule has 2 heterocycles. The van der Waals surface area contributed by atoms with Crippen LogP contribution >= 0.6 is 0 Å². The molecule has 2 fully saturated rings. The van der Waals surface area contributed by atoms with Crippen molar-refractivity contribution in [2.75, 3.05) is 37.3 Å². The highest BCUT2D eigenvalue weighted by atomic mass is 32.2. The summed E-state index contributed by atoms with van der Waals surface area (Å²) in [5.41, 5.74) is 2.31. The molecule has 28 heavy (non-hydrogen) atoms. The standard InChI is InChI=1S/C21H33N3O3S/c1-16-6-4-12-23(14-16)20-10-8-18(9-11-20)17(2)22-21(25)19-7-5-13-24(15-19)28(3,26)27/h8-11,16-17,19H,4-7,12-15H2,1-3H3,(H,22,25)/t16-,17+,19+/m1/s1. The number of piperidine rings is 2. The first kappa shape index (κ1) is 21.1. The van der Waals surface area contributed by atoms with Crippen LogP contribution in [0, 0.1) is 11.8 Å². The van der Waals surface area contributed by atoms with Crippen LogP contribution in [0.2, 0.25) is 0 Å². The highest BCUT2D eigenvalue weighted by molar-refractivity contribution is 7.88. The number of amides is 1. The third kappa shape index (κ3) is 5.26. The normalized spacial score (nSPS) is 25.3. The van der Waals surface area contributed by atoms with Gasteiger partial charge in [-0.1, -0.05) is 19.1 Å². The molecule has 2 aliphatic rings. The Bertz CT molecular complexity index is 779. The minimum atomic E-state index is -3.24. The van der Waals surface area contributed by atoms with Crippen LogP contribution in [-0.2, 0) is 14.8 Å². The smallest absolute Gasteiger partial charge is 0.224 e. The number of hydrogen-bond acceptors (Lipinski definition) is 4. The summed E-state index contributed by atoms with van der Waals surface area (Å²) in [6.45, 7) is 7.28. The van der Waals surface area contributed by atoms with Gasteiger partial charge in [-0.3, -0.25) is 4.79 Å². The van der Waals surface area contributed by atoms with Crippen molar-refractivity contribution < 1.29 is 13.2 Å². The lowest BCUT2D eigenvalue weighted by atomic mass is 9.97. The van der Waals surface area contributed by atoms with E-state index in [9.17, 15) is 13.2 Å². The van der Waals surface area contributed by atoms with Crippen molar-refractivity contribution in [1.29, 1.82) is 0 Å². The van der Waals surface area contributed by atoms with Crippen LogP contribution in [0.3, 0.4) is 0 Å². The molecule has 0 bridgehead atoms. The van der Waals surface area contributed by atoms with Crippen molar-refractivity contribution in [2.24, 2.45) is 11.8 Å². The Kier molecular flexibility index (Phi) is 6.65. The Morgan fingerprint density at radius 1 is 1.11 bits per heavy atom. The van der Waals surface area contributed by atoms with Crippen LogP contribution in [0.5, 0.6) is 0 Å². The van der Waals surface area contributed by atoms with Crippen LogP contribution in [-0.4, -0.2) is 51.1 Å². The molecular formula is C21H33N3O3S. The summed E-state index contributed by atoms with van der Waals surface area (Å²) in [6, 6.07) is 8.35. The summed E-state index contributed by atoms with van der Waals surface area (Å²) >= 11 is 0. The molecule has 0 spiro atoms. The largest absolute Gasteiger partial charge is 0.371 e. The highest BCUT2D eigenvalue weighted by Gasteiger charge is 2.30. The average Bonchev–Trinajstić information content (AvgIpc) is 2.67. The number of hydrogen-bond donors (Lipinski definition) is 1. The van der Waals surface area contributed by atoms with E-state index in [0.29, 0.717) is 6.54 Å². The molecule has 6 nitrogen and oxygen atoms in total. The topological polar surface area (TPSA) is 69.7 Å². The van der Waals surface area contributed by atoms with Gasteiger partial charge in [-0.2, -0.15) is 0 Å². The van der Waals surface area contributed by atoms with E-state index < -0.39 is 10.0 Å².